The fourth-order valence-corrected chi connectivity index (χ4v) is 4.79. The van der Waals surface area contributed by atoms with Crippen molar-refractivity contribution < 1.29 is 13.6 Å². The topological polar surface area (TPSA) is 29.1 Å². The summed E-state index contributed by atoms with van der Waals surface area (Å²) in [5.41, 5.74) is 0.631. The van der Waals surface area contributed by atoms with Gasteiger partial charge in [0.25, 0.3) is 0 Å². The Balaban J connectivity index is 1.75. The molecular weight excluding hydrogens is 340 g/mol. The summed E-state index contributed by atoms with van der Waals surface area (Å²) in [5.74, 6) is -3.10. The molecule has 2 saturated carbocycles. The number of amides is 1. The molecule has 2 aliphatic rings. The fraction of sp³-hybridized carbons (Fsp3) is 0.650. The Morgan fingerprint density at radius 2 is 1.84 bits per heavy atom. The van der Waals surface area contributed by atoms with Crippen LogP contribution >= 0.6 is 12.6 Å². The van der Waals surface area contributed by atoms with E-state index in [9.17, 15) is 13.6 Å². The zero-order chi connectivity index (χ0) is 17.9. The zero-order valence-electron chi connectivity index (χ0n) is 14.5. The van der Waals surface area contributed by atoms with E-state index >= 15 is 0 Å². The number of hydrogen-bond donors (Lipinski definition) is 2. The van der Waals surface area contributed by atoms with E-state index in [0.717, 1.165) is 30.6 Å². The molecule has 2 aliphatic carbocycles. The number of carbonyl (C=O) groups excluding carboxylic acids is 1. The van der Waals surface area contributed by atoms with Crippen molar-refractivity contribution in [3.63, 3.8) is 0 Å². The monoisotopic (exact) mass is 367 g/mol. The Hall–Kier alpha value is -1.10. The number of alkyl halides is 2. The minimum absolute atomic E-state index is 0.0793. The highest BCUT2D eigenvalue weighted by Gasteiger charge is 2.46. The van der Waals surface area contributed by atoms with Crippen LogP contribution in [0.3, 0.4) is 0 Å². The molecule has 0 saturated heterocycles. The summed E-state index contributed by atoms with van der Waals surface area (Å²) in [6.45, 7) is 0. The van der Waals surface area contributed by atoms with Crippen molar-refractivity contribution in [1.82, 2.24) is 0 Å². The van der Waals surface area contributed by atoms with Crippen LogP contribution in [-0.4, -0.2) is 11.8 Å². The lowest BCUT2D eigenvalue weighted by Gasteiger charge is -2.39. The molecule has 0 spiro atoms. The van der Waals surface area contributed by atoms with Crippen LogP contribution in [0.4, 0.5) is 14.5 Å². The number of hydrogen-bond acceptors (Lipinski definition) is 2. The number of nitrogens with one attached hydrogen (secondary N) is 1. The van der Waals surface area contributed by atoms with Crippen molar-refractivity contribution in [2.24, 2.45) is 17.8 Å². The molecule has 25 heavy (non-hydrogen) atoms. The second kappa shape index (κ2) is 8.07. The second-order valence-corrected chi connectivity index (χ2v) is 8.18. The number of halogens is 2. The Morgan fingerprint density at radius 1 is 1.12 bits per heavy atom. The summed E-state index contributed by atoms with van der Waals surface area (Å²) >= 11 is 4.27. The van der Waals surface area contributed by atoms with Gasteiger partial charge in [0, 0.05) is 29.3 Å². The van der Waals surface area contributed by atoms with Gasteiger partial charge in [-0.25, -0.2) is 8.78 Å². The first kappa shape index (κ1) is 18.7. The Labute approximate surface area is 154 Å². The van der Waals surface area contributed by atoms with Crippen molar-refractivity contribution in [2.75, 3.05) is 5.32 Å². The van der Waals surface area contributed by atoms with Crippen LogP contribution in [0.1, 0.15) is 57.8 Å². The van der Waals surface area contributed by atoms with Crippen LogP contribution in [0, 0.1) is 17.8 Å². The molecule has 0 aliphatic heterocycles. The summed E-state index contributed by atoms with van der Waals surface area (Å²) in [4.78, 5) is 13.6. The molecule has 2 atom stereocenters. The molecule has 0 radical (unpaired) electrons. The van der Waals surface area contributed by atoms with Gasteiger partial charge in [0.15, 0.2) is 0 Å². The van der Waals surface area contributed by atoms with Crippen LogP contribution in [0.25, 0.3) is 0 Å². The summed E-state index contributed by atoms with van der Waals surface area (Å²) in [7, 11) is 0. The van der Waals surface area contributed by atoms with Gasteiger partial charge >= 0.3 is 0 Å². The Bertz CT molecular complexity index is 599. The lowest BCUT2D eigenvalue weighted by Crippen LogP contribution is -2.42. The number of anilines is 1. The highest BCUT2D eigenvalue weighted by Crippen LogP contribution is 2.46. The summed E-state index contributed by atoms with van der Waals surface area (Å²) in [6, 6.07) is 7.15. The molecule has 0 bridgehead atoms. The zero-order valence-corrected chi connectivity index (χ0v) is 15.4. The lowest BCUT2D eigenvalue weighted by molar-refractivity contribution is -0.134. The first-order valence-electron chi connectivity index (χ1n) is 9.42. The van der Waals surface area contributed by atoms with Gasteiger partial charge < -0.3 is 5.32 Å². The number of thiol groups is 1. The van der Waals surface area contributed by atoms with E-state index in [1.54, 1.807) is 18.2 Å². The fourth-order valence-electron chi connectivity index (χ4n) is 4.56. The molecule has 5 heteroatoms. The van der Waals surface area contributed by atoms with Crippen LogP contribution in [0.5, 0.6) is 0 Å². The largest absolute Gasteiger partial charge is 0.326 e. The molecule has 2 nitrogen and oxygen atoms in total. The minimum Gasteiger partial charge on any atom is -0.326 e. The van der Waals surface area contributed by atoms with Gasteiger partial charge in [-0.05, 0) is 36.5 Å². The van der Waals surface area contributed by atoms with Crippen LogP contribution in [-0.2, 0) is 4.79 Å². The van der Waals surface area contributed by atoms with E-state index < -0.39 is 11.8 Å². The van der Waals surface area contributed by atoms with E-state index in [1.807, 2.05) is 6.07 Å². The smallest absolute Gasteiger partial charge is 0.248 e. The standard InChI is InChI=1S/C20H27F2NOS/c21-20(22)11-10-17(14-6-3-1-2-4-7-14)18(13-20)19(24)23-15-8-5-9-16(25)12-15/h5,8-9,12,14,17-18,25H,1-4,6-7,10-11,13H2,(H,23,24)/t17?,18-/m1/s1. The molecule has 2 fully saturated rings. The summed E-state index contributed by atoms with van der Waals surface area (Å²) < 4.78 is 28.1. The maximum atomic E-state index is 14.0. The average Bonchev–Trinajstić information content (AvgIpc) is 2.83. The van der Waals surface area contributed by atoms with Crippen LogP contribution in [0.2, 0.25) is 0 Å². The second-order valence-electron chi connectivity index (χ2n) is 7.66. The first-order chi connectivity index (χ1) is 11.9. The minimum atomic E-state index is -2.73. The predicted octanol–water partition coefficient (Wildman–Crippen LogP) is 5.94. The molecular formula is C20H27F2NOS. The SMILES string of the molecule is O=C(Nc1cccc(S)c1)[C@@H]1CC(F)(F)CCC1C1CCCCCC1. The Morgan fingerprint density at radius 3 is 2.52 bits per heavy atom. The first-order valence-corrected chi connectivity index (χ1v) is 9.87. The van der Waals surface area contributed by atoms with Crippen LogP contribution in [0.15, 0.2) is 29.2 Å². The Kier molecular flexibility index (Phi) is 6.03. The maximum Gasteiger partial charge on any atom is 0.248 e. The van der Waals surface area contributed by atoms with Crippen molar-refractivity contribution in [3.05, 3.63) is 24.3 Å². The van der Waals surface area contributed by atoms with Crippen molar-refractivity contribution in [1.29, 1.82) is 0 Å². The van der Waals surface area contributed by atoms with Gasteiger partial charge in [-0.2, -0.15) is 0 Å². The highest BCUT2D eigenvalue weighted by molar-refractivity contribution is 7.80. The molecule has 1 aromatic carbocycles. The molecule has 1 N–H and O–H groups in total. The van der Waals surface area contributed by atoms with E-state index in [4.69, 9.17) is 0 Å². The number of carbonyl (C=O) groups is 1. The van der Waals surface area contributed by atoms with Gasteiger partial charge in [0.05, 0.1) is 0 Å². The third-order valence-corrected chi connectivity index (χ3v) is 6.11. The van der Waals surface area contributed by atoms with Crippen molar-refractivity contribution in [2.45, 2.75) is 68.6 Å². The van der Waals surface area contributed by atoms with Gasteiger partial charge in [0.2, 0.25) is 11.8 Å². The molecule has 1 aromatic rings. The van der Waals surface area contributed by atoms with Crippen LogP contribution < -0.4 is 5.32 Å². The third-order valence-electron chi connectivity index (χ3n) is 5.83. The molecule has 1 amide bonds. The van der Waals surface area contributed by atoms with Gasteiger partial charge in [-0.15, -0.1) is 12.6 Å². The van der Waals surface area contributed by atoms with E-state index in [-0.39, 0.29) is 24.7 Å². The average molecular weight is 368 g/mol. The lowest BCUT2D eigenvalue weighted by atomic mass is 9.68. The van der Waals surface area contributed by atoms with Gasteiger partial charge in [0.1, 0.15) is 0 Å². The quantitative estimate of drug-likeness (QED) is 0.503. The summed E-state index contributed by atoms with van der Waals surface area (Å²) in [5, 5.41) is 2.85. The molecule has 0 heterocycles. The third kappa shape index (κ3) is 4.96. The van der Waals surface area contributed by atoms with Gasteiger partial charge in [-0.1, -0.05) is 44.6 Å². The predicted molar refractivity (Wildman–Crippen MR) is 99.3 cm³/mol. The summed E-state index contributed by atoms with van der Waals surface area (Å²) in [6.07, 6.45) is 6.99. The van der Waals surface area contributed by atoms with Gasteiger partial charge in [-0.3, -0.25) is 4.79 Å². The molecule has 138 valence electrons. The number of rotatable bonds is 3. The molecule has 1 unspecified atom stereocenters. The van der Waals surface area contributed by atoms with Crippen molar-refractivity contribution in [3.8, 4) is 0 Å². The normalized spacial score (nSPS) is 27.5. The van der Waals surface area contributed by atoms with E-state index in [1.165, 1.54) is 12.8 Å². The maximum absolute atomic E-state index is 14.0. The van der Waals surface area contributed by atoms with Crippen molar-refractivity contribution >= 4 is 24.2 Å². The molecule has 0 aromatic heterocycles. The van der Waals surface area contributed by atoms with E-state index in [0.29, 0.717) is 18.0 Å². The molecule has 3 rings (SSSR count). The number of benzene rings is 1. The highest BCUT2D eigenvalue weighted by atomic mass is 32.1. The van der Waals surface area contributed by atoms with E-state index in [2.05, 4.69) is 17.9 Å².